The predicted octanol–water partition coefficient (Wildman–Crippen LogP) is 3.35. The van der Waals surface area contributed by atoms with Gasteiger partial charge in [0.15, 0.2) is 11.5 Å². The summed E-state index contributed by atoms with van der Waals surface area (Å²) < 4.78 is 34.1. The normalized spacial score (nSPS) is 10.9. The lowest BCUT2D eigenvalue weighted by Gasteiger charge is -2.18. The van der Waals surface area contributed by atoms with Crippen molar-refractivity contribution in [3.8, 4) is 11.5 Å². The molecule has 1 N–H and O–H groups in total. The molecule has 0 heterocycles. The van der Waals surface area contributed by atoms with Gasteiger partial charge in [0.2, 0.25) is 5.91 Å². The first-order chi connectivity index (χ1) is 12.9. The summed E-state index contributed by atoms with van der Waals surface area (Å²) in [5.41, 5.74) is 3.08. The second-order valence-corrected chi connectivity index (χ2v) is 6.24. The third-order valence-electron chi connectivity index (χ3n) is 4.05. The minimum atomic E-state index is -2.92. The lowest BCUT2D eigenvalue weighted by atomic mass is 10.1. The molecule has 7 heteroatoms. The van der Waals surface area contributed by atoms with Crippen LogP contribution in [0.1, 0.15) is 16.7 Å². The van der Waals surface area contributed by atoms with Gasteiger partial charge in [-0.1, -0.05) is 30.3 Å². The van der Waals surface area contributed by atoms with E-state index in [0.29, 0.717) is 6.54 Å². The number of carbonyl (C=O) groups excluding carboxylic acids is 1. The highest BCUT2D eigenvalue weighted by Gasteiger charge is 2.12. The molecule has 0 radical (unpaired) electrons. The van der Waals surface area contributed by atoms with Gasteiger partial charge in [-0.15, -0.1) is 0 Å². The predicted molar refractivity (Wildman–Crippen MR) is 99.0 cm³/mol. The van der Waals surface area contributed by atoms with Crippen LogP contribution in [-0.4, -0.2) is 38.1 Å². The van der Waals surface area contributed by atoms with Gasteiger partial charge in [0.1, 0.15) is 0 Å². The standard InChI is InChI=1S/C20H24F2N2O3/c1-14-6-4-5-7-16(14)12-24(2)13-19(25)23-11-15-8-9-17(27-20(21)22)18(10-15)26-3/h4-10,20H,11-13H2,1-3H3,(H,23,25). The van der Waals surface area contributed by atoms with E-state index in [2.05, 4.69) is 10.1 Å². The van der Waals surface area contributed by atoms with Crippen LogP contribution < -0.4 is 14.8 Å². The van der Waals surface area contributed by atoms with Crippen molar-refractivity contribution in [3.05, 3.63) is 59.2 Å². The average molecular weight is 378 g/mol. The van der Waals surface area contributed by atoms with Crippen LogP contribution in [0, 0.1) is 6.92 Å². The number of hydrogen-bond acceptors (Lipinski definition) is 4. The molecule has 2 rings (SSSR count). The van der Waals surface area contributed by atoms with E-state index in [9.17, 15) is 13.6 Å². The van der Waals surface area contributed by atoms with E-state index < -0.39 is 6.61 Å². The summed E-state index contributed by atoms with van der Waals surface area (Å²) in [6.45, 7) is 0.305. The van der Waals surface area contributed by atoms with Gasteiger partial charge in [-0.05, 0) is 42.8 Å². The number of amides is 1. The van der Waals surface area contributed by atoms with Crippen LogP contribution in [0.3, 0.4) is 0 Å². The zero-order valence-electron chi connectivity index (χ0n) is 15.7. The van der Waals surface area contributed by atoms with E-state index in [4.69, 9.17) is 4.74 Å². The Morgan fingerprint density at radius 2 is 1.93 bits per heavy atom. The first-order valence-electron chi connectivity index (χ1n) is 8.50. The minimum absolute atomic E-state index is 0.0412. The van der Waals surface area contributed by atoms with Gasteiger partial charge in [-0.3, -0.25) is 9.69 Å². The second kappa shape index (κ2) is 9.87. The summed E-state index contributed by atoms with van der Waals surface area (Å²) in [7, 11) is 3.25. The number of rotatable bonds is 9. The van der Waals surface area contributed by atoms with Gasteiger partial charge in [-0.25, -0.2) is 0 Å². The van der Waals surface area contributed by atoms with E-state index in [0.717, 1.165) is 5.56 Å². The smallest absolute Gasteiger partial charge is 0.387 e. The first kappa shape index (κ1) is 20.6. The molecule has 0 atom stereocenters. The number of hydrogen-bond donors (Lipinski definition) is 1. The van der Waals surface area contributed by atoms with Crippen molar-refractivity contribution in [1.82, 2.24) is 10.2 Å². The van der Waals surface area contributed by atoms with Gasteiger partial charge in [0.05, 0.1) is 13.7 Å². The molecule has 0 aromatic heterocycles. The molecule has 0 fully saturated rings. The zero-order valence-corrected chi connectivity index (χ0v) is 15.7. The molecular formula is C20H24F2N2O3. The summed E-state index contributed by atoms with van der Waals surface area (Å²) in [6, 6.07) is 12.6. The molecule has 0 aliphatic carbocycles. The van der Waals surface area contributed by atoms with Crippen LogP contribution in [0.15, 0.2) is 42.5 Å². The molecule has 0 aliphatic rings. The Morgan fingerprint density at radius 3 is 2.59 bits per heavy atom. The second-order valence-electron chi connectivity index (χ2n) is 6.24. The average Bonchev–Trinajstić information content (AvgIpc) is 2.62. The Morgan fingerprint density at radius 1 is 1.19 bits per heavy atom. The molecule has 0 bridgehead atoms. The highest BCUT2D eigenvalue weighted by atomic mass is 19.3. The van der Waals surface area contributed by atoms with E-state index in [-0.39, 0.29) is 30.5 Å². The number of nitrogens with one attached hydrogen (secondary N) is 1. The molecule has 0 aliphatic heterocycles. The molecule has 1 amide bonds. The van der Waals surface area contributed by atoms with E-state index in [1.807, 2.05) is 43.1 Å². The molecular weight excluding hydrogens is 354 g/mol. The van der Waals surface area contributed by atoms with Crippen LogP contribution in [-0.2, 0) is 17.9 Å². The van der Waals surface area contributed by atoms with Crippen molar-refractivity contribution < 1.29 is 23.0 Å². The van der Waals surface area contributed by atoms with Crippen LogP contribution in [0.25, 0.3) is 0 Å². The summed E-state index contributed by atoms with van der Waals surface area (Å²) in [5.74, 6) is 0.0252. The molecule has 0 spiro atoms. The van der Waals surface area contributed by atoms with Gasteiger partial charge >= 0.3 is 6.61 Å². The SMILES string of the molecule is COc1cc(CNC(=O)CN(C)Cc2ccccc2C)ccc1OC(F)F. The lowest BCUT2D eigenvalue weighted by molar-refractivity contribution is -0.122. The fraction of sp³-hybridized carbons (Fsp3) is 0.350. The number of likely N-dealkylation sites (N-methyl/N-ethyl adjacent to an activating group) is 1. The van der Waals surface area contributed by atoms with Crippen LogP contribution in [0.2, 0.25) is 0 Å². The van der Waals surface area contributed by atoms with Crippen molar-refractivity contribution in [2.45, 2.75) is 26.6 Å². The molecule has 146 valence electrons. The van der Waals surface area contributed by atoms with Crippen molar-refractivity contribution in [2.75, 3.05) is 20.7 Å². The number of carbonyl (C=O) groups is 1. The van der Waals surface area contributed by atoms with Gasteiger partial charge in [-0.2, -0.15) is 8.78 Å². The summed E-state index contributed by atoms with van der Waals surface area (Å²) >= 11 is 0. The van der Waals surface area contributed by atoms with E-state index in [1.54, 1.807) is 12.1 Å². The fourth-order valence-corrected chi connectivity index (χ4v) is 2.65. The zero-order chi connectivity index (χ0) is 19.8. The van der Waals surface area contributed by atoms with Crippen LogP contribution in [0.4, 0.5) is 8.78 Å². The Kier molecular flexibility index (Phi) is 7.55. The fourth-order valence-electron chi connectivity index (χ4n) is 2.65. The van der Waals surface area contributed by atoms with Crippen molar-refractivity contribution in [2.24, 2.45) is 0 Å². The maximum atomic E-state index is 12.4. The maximum absolute atomic E-state index is 12.4. The molecule has 0 saturated carbocycles. The lowest BCUT2D eigenvalue weighted by Crippen LogP contribution is -2.34. The quantitative estimate of drug-likeness (QED) is 0.727. The molecule has 0 unspecified atom stereocenters. The van der Waals surface area contributed by atoms with Gasteiger partial charge < -0.3 is 14.8 Å². The highest BCUT2D eigenvalue weighted by Crippen LogP contribution is 2.29. The molecule has 2 aromatic carbocycles. The summed E-state index contributed by atoms with van der Waals surface area (Å²) in [5, 5.41) is 2.82. The Bertz CT molecular complexity index is 769. The summed E-state index contributed by atoms with van der Waals surface area (Å²) in [6.07, 6.45) is 0. The Labute approximate surface area is 157 Å². The number of halogens is 2. The number of benzene rings is 2. The van der Waals surface area contributed by atoms with Gasteiger partial charge in [0, 0.05) is 13.1 Å². The van der Waals surface area contributed by atoms with Crippen molar-refractivity contribution in [1.29, 1.82) is 0 Å². The largest absolute Gasteiger partial charge is 0.493 e. The topological polar surface area (TPSA) is 50.8 Å². The molecule has 5 nitrogen and oxygen atoms in total. The number of ether oxygens (including phenoxy) is 2. The monoisotopic (exact) mass is 378 g/mol. The van der Waals surface area contributed by atoms with Crippen molar-refractivity contribution >= 4 is 5.91 Å². The number of aryl methyl sites for hydroxylation is 1. The highest BCUT2D eigenvalue weighted by molar-refractivity contribution is 5.78. The third-order valence-corrected chi connectivity index (χ3v) is 4.05. The van der Waals surface area contributed by atoms with E-state index >= 15 is 0 Å². The maximum Gasteiger partial charge on any atom is 0.387 e. The Hall–Kier alpha value is -2.67. The molecule has 2 aromatic rings. The summed E-state index contributed by atoms with van der Waals surface area (Å²) in [4.78, 5) is 14.1. The molecule has 0 saturated heterocycles. The number of alkyl halides is 2. The first-order valence-corrected chi connectivity index (χ1v) is 8.50. The van der Waals surface area contributed by atoms with Crippen LogP contribution in [0.5, 0.6) is 11.5 Å². The third kappa shape index (κ3) is 6.53. The van der Waals surface area contributed by atoms with Crippen LogP contribution >= 0.6 is 0 Å². The number of nitrogens with zero attached hydrogens (tertiary/aromatic N) is 1. The van der Waals surface area contributed by atoms with Crippen molar-refractivity contribution in [3.63, 3.8) is 0 Å². The van der Waals surface area contributed by atoms with E-state index in [1.165, 1.54) is 24.3 Å². The molecule has 27 heavy (non-hydrogen) atoms. The Balaban J connectivity index is 1.87. The van der Waals surface area contributed by atoms with Gasteiger partial charge in [0.25, 0.3) is 0 Å². The number of methoxy groups -OCH3 is 1. The minimum Gasteiger partial charge on any atom is -0.493 e.